The van der Waals surface area contributed by atoms with E-state index in [0.717, 1.165) is 0 Å². The Balaban J connectivity index is 0.000000980. The first-order valence-corrected chi connectivity index (χ1v) is 4.80. The number of rotatable bonds is 2. The quantitative estimate of drug-likeness (QED) is 0.796. The van der Waals surface area contributed by atoms with Gasteiger partial charge in [0.2, 0.25) is 0 Å². The van der Waals surface area contributed by atoms with Crippen LogP contribution in [0.2, 0.25) is 0 Å². The second kappa shape index (κ2) is 5.09. The molecule has 0 saturated heterocycles. The van der Waals surface area contributed by atoms with Gasteiger partial charge in [0.15, 0.2) is 0 Å². The van der Waals surface area contributed by atoms with Crippen LogP contribution in [-0.2, 0) is 32.7 Å². The van der Waals surface area contributed by atoms with Crippen LogP contribution in [0, 0.1) is 6.07 Å². The predicted molar refractivity (Wildman–Crippen MR) is 55.8 cm³/mol. The molecule has 1 unspecified atom stereocenters. The second-order valence-electron chi connectivity index (χ2n) is 3.51. The van der Waals surface area contributed by atoms with E-state index in [2.05, 4.69) is 37.0 Å². The summed E-state index contributed by atoms with van der Waals surface area (Å²) in [5, 5.41) is 1.19. The number of H-pyrrole nitrogens is 1. The minimum absolute atomic E-state index is 0. The van der Waals surface area contributed by atoms with E-state index in [1.807, 2.05) is 12.3 Å². The minimum atomic E-state index is 0. The third kappa shape index (κ3) is 2.09. The minimum Gasteiger partial charge on any atom is -0.409 e. The van der Waals surface area contributed by atoms with Crippen LogP contribution in [0.4, 0.5) is 0 Å². The molecule has 71 valence electrons. The van der Waals surface area contributed by atoms with Crippen LogP contribution < -0.4 is 0 Å². The van der Waals surface area contributed by atoms with E-state index in [0.29, 0.717) is 5.92 Å². The van der Waals surface area contributed by atoms with Crippen molar-refractivity contribution in [2.45, 2.75) is 26.2 Å². The van der Waals surface area contributed by atoms with Gasteiger partial charge >= 0.3 is 0 Å². The fourth-order valence-corrected chi connectivity index (χ4v) is 1.66. The van der Waals surface area contributed by atoms with Gasteiger partial charge in [0.25, 0.3) is 0 Å². The van der Waals surface area contributed by atoms with E-state index in [1.54, 1.807) is 0 Å². The van der Waals surface area contributed by atoms with Crippen LogP contribution >= 0.6 is 0 Å². The van der Waals surface area contributed by atoms with Gasteiger partial charge in [-0.2, -0.15) is 0 Å². The Morgan fingerprint density at radius 1 is 1.43 bits per heavy atom. The van der Waals surface area contributed by atoms with Crippen molar-refractivity contribution >= 4 is 10.9 Å². The van der Waals surface area contributed by atoms with Crippen molar-refractivity contribution in [3.05, 3.63) is 36.0 Å². The molecule has 1 aromatic carbocycles. The summed E-state index contributed by atoms with van der Waals surface area (Å²) >= 11 is 0. The molecule has 0 bridgehead atoms. The summed E-state index contributed by atoms with van der Waals surface area (Å²) in [7, 11) is 0. The van der Waals surface area contributed by atoms with Crippen molar-refractivity contribution in [2.75, 3.05) is 0 Å². The standard InChI is InChI=1S/C12H14N.Y/c1-3-9(2)11-6-4-5-10-7-8-13-12(10)11;/h4,6-9,13H,3H2,1-2H3;/q-1;. The molecule has 1 atom stereocenters. The molecule has 0 aliphatic heterocycles. The van der Waals surface area contributed by atoms with Crippen LogP contribution in [0.25, 0.3) is 10.9 Å². The molecule has 14 heavy (non-hydrogen) atoms. The van der Waals surface area contributed by atoms with Crippen LogP contribution in [0.3, 0.4) is 0 Å². The Morgan fingerprint density at radius 2 is 2.21 bits per heavy atom. The number of aromatic amines is 1. The summed E-state index contributed by atoms with van der Waals surface area (Å²) in [6, 6.07) is 9.46. The molecule has 1 radical (unpaired) electrons. The van der Waals surface area contributed by atoms with E-state index in [1.165, 1.54) is 22.9 Å². The molecule has 0 amide bonds. The topological polar surface area (TPSA) is 15.8 Å². The first kappa shape index (κ1) is 11.9. The average molecular weight is 261 g/mol. The van der Waals surface area contributed by atoms with Crippen LogP contribution in [0.1, 0.15) is 31.7 Å². The van der Waals surface area contributed by atoms with Gasteiger partial charge in [0, 0.05) is 32.7 Å². The number of benzene rings is 1. The molecular weight excluding hydrogens is 247 g/mol. The van der Waals surface area contributed by atoms with Gasteiger partial charge in [-0.3, -0.25) is 0 Å². The van der Waals surface area contributed by atoms with Crippen molar-refractivity contribution < 1.29 is 32.7 Å². The van der Waals surface area contributed by atoms with Crippen molar-refractivity contribution in [1.29, 1.82) is 0 Å². The molecule has 1 heterocycles. The summed E-state index contributed by atoms with van der Waals surface area (Å²) in [5.74, 6) is 0.621. The molecule has 1 N–H and O–H groups in total. The average Bonchev–Trinajstić information content (AvgIpc) is 2.63. The molecule has 0 aliphatic carbocycles. The molecule has 0 spiro atoms. The third-order valence-corrected chi connectivity index (χ3v) is 2.68. The van der Waals surface area contributed by atoms with Gasteiger partial charge in [-0.15, -0.1) is 35.2 Å². The molecule has 0 saturated carbocycles. The van der Waals surface area contributed by atoms with E-state index in [4.69, 9.17) is 0 Å². The van der Waals surface area contributed by atoms with Crippen LogP contribution in [-0.4, -0.2) is 4.98 Å². The molecule has 0 aliphatic rings. The number of hydrogen-bond acceptors (Lipinski definition) is 0. The van der Waals surface area contributed by atoms with Crippen molar-refractivity contribution in [3.63, 3.8) is 0 Å². The summed E-state index contributed by atoms with van der Waals surface area (Å²) in [6.45, 7) is 4.48. The SMILES string of the molecule is CCC(C)c1cc[c-]c2cc[nH]c12.[Y]. The monoisotopic (exact) mass is 261 g/mol. The number of aromatic nitrogens is 1. The Bertz CT molecular complexity index is 405. The zero-order chi connectivity index (χ0) is 9.26. The van der Waals surface area contributed by atoms with Crippen molar-refractivity contribution in [2.24, 2.45) is 0 Å². The predicted octanol–water partition coefficient (Wildman–Crippen LogP) is 3.48. The largest absolute Gasteiger partial charge is 0.409 e. The van der Waals surface area contributed by atoms with Gasteiger partial charge in [0.1, 0.15) is 0 Å². The first-order chi connectivity index (χ1) is 6.33. The molecular formula is C12H14NY-. The number of fused-ring (bicyclic) bond motifs is 1. The Hall–Kier alpha value is -0.136. The normalized spacial score (nSPS) is 12.4. The Labute approximate surface area is 110 Å². The summed E-state index contributed by atoms with van der Waals surface area (Å²) in [5.41, 5.74) is 2.65. The molecule has 2 heteroatoms. The molecule has 2 aromatic rings. The smallest absolute Gasteiger partial charge is 0 e. The fraction of sp³-hybridized carbons (Fsp3) is 0.333. The summed E-state index contributed by atoms with van der Waals surface area (Å²) in [4.78, 5) is 3.27. The van der Waals surface area contributed by atoms with Gasteiger partial charge in [-0.25, -0.2) is 0 Å². The Kier molecular flexibility index (Phi) is 4.34. The third-order valence-electron chi connectivity index (χ3n) is 2.68. The molecule has 1 nitrogen and oxygen atoms in total. The molecule has 2 rings (SSSR count). The fourth-order valence-electron chi connectivity index (χ4n) is 1.66. The number of hydrogen-bond donors (Lipinski definition) is 1. The van der Waals surface area contributed by atoms with Gasteiger partial charge < -0.3 is 4.98 Å². The van der Waals surface area contributed by atoms with Crippen LogP contribution in [0.15, 0.2) is 24.4 Å². The second-order valence-corrected chi connectivity index (χ2v) is 3.51. The van der Waals surface area contributed by atoms with E-state index >= 15 is 0 Å². The summed E-state index contributed by atoms with van der Waals surface area (Å²) < 4.78 is 0. The van der Waals surface area contributed by atoms with Crippen molar-refractivity contribution in [1.82, 2.24) is 4.98 Å². The molecule has 1 aromatic heterocycles. The maximum Gasteiger partial charge on any atom is 0 e. The van der Waals surface area contributed by atoms with Crippen molar-refractivity contribution in [3.8, 4) is 0 Å². The van der Waals surface area contributed by atoms with Gasteiger partial charge in [0.05, 0.1) is 0 Å². The zero-order valence-electron chi connectivity index (χ0n) is 8.67. The molecule has 0 fully saturated rings. The summed E-state index contributed by atoms with van der Waals surface area (Å²) in [6.07, 6.45) is 3.16. The van der Waals surface area contributed by atoms with E-state index in [9.17, 15) is 0 Å². The van der Waals surface area contributed by atoms with Crippen LogP contribution in [0.5, 0.6) is 0 Å². The van der Waals surface area contributed by atoms with E-state index in [-0.39, 0.29) is 32.7 Å². The van der Waals surface area contributed by atoms with Gasteiger partial charge in [-0.05, 0) is 17.6 Å². The maximum atomic E-state index is 3.27. The first-order valence-electron chi connectivity index (χ1n) is 4.80. The number of nitrogens with one attached hydrogen (secondary N) is 1. The van der Waals surface area contributed by atoms with Gasteiger partial charge in [-0.1, -0.05) is 20.3 Å². The zero-order valence-corrected chi connectivity index (χ0v) is 11.5. The maximum absolute atomic E-state index is 3.27. The van der Waals surface area contributed by atoms with E-state index < -0.39 is 0 Å². The Morgan fingerprint density at radius 3 is 2.93 bits per heavy atom.